The van der Waals surface area contributed by atoms with Gasteiger partial charge in [-0.15, -0.1) is 0 Å². The lowest BCUT2D eigenvalue weighted by Crippen LogP contribution is -2.17. The van der Waals surface area contributed by atoms with Gasteiger partial charge in [0.05, 0.1) is 0 Å². The van der Waals surface area contributed by atoms with Crippen LogP contribution in [0, 0.1) is 0 Å². The summed E-state index contributed by atoms with van der Waals surface area (Å²) in [5.74, 6) is 0.0926. The van der Waals surface area contributed by atoms with E-state index in [2.05, 4.69) is 0 Å². The van der Waals surface area contributed by atoms with Gasteiger partial charge in [-0.25, -0.2) is 0 Å². The van der Waals surface area contributed by atoms with Crippen molar-refractivity contribution in [3.8, 4) is 0 Å². The van der Waals surface area contributed by atoms with E-state index >= 15 is 0 Å². The van der Waals surface area contributed by atoms with Crippen molar-refractivity contribution in [3.63, 3.8) is 0 Å². The third-order valence-electron chi connectivity index (χ3n) is 0.630. The number of carbonyl (C=O) groups is 1. The minimum Gasteiger partial charge on any atom is -0.349 e. The lowest BCUT2D eigenvalue weighted by Gasteiger charge is -2.02. The molecule has 37 valence electrons. The van der Waals surface area contributed by atoms with Gasteiger partial charge in [-0.3, -0.25) is 4.79 Å². The van der Waals surface area contributed by atoms with Gasteiger partial charge in [0.15, 0.2) is 0 Å². The minimum absolute atomic E-state index is 0. The predicted molar refractivity (Wildman–Crippen MR) is 25.5 cm³/mol. The van der Waals surface area contributed by atoms with Crippen LogP contribution in [0.25, 0.3) is 0 Å². The third-order valence-corrected chi connectivity index (χ3v) is 0.630. The van der Waals surface area contributed by atoms with E-state index in [1.54, 1.807) is 14.1 Å². The van der Waals surface area contributed by atoms with E-state index in [-0.39, 0.29) is 7.33 Å². The van der Waals surface area contributed by atoms with Gasteiger partial charge >= 0.3 is 0 Å². The second kappa shape index (κ2) is 1.80. The summed E-state index contributed by atoms with van der Waals surface area (Å²) in [7, 11) is 3.45. The Balaban J connectivity index is 0. The summed E-state index contributed by atoms with van der Waals surface area (Å²) in [4.78, 5) is 11.6. The maximum absolute atomic E-state index is 10.1. The van der Waals surface area contributed by atoms with Crippen molar-refractivity contribution in [1.82, 2.24) is 4.90 Å². The Morgan fingerprint density at radius 3 is 1.83 bits per heavy atom. The summed E-state index contributed by atoms with van der Waals surface area (Å²) in [6.45, 7) is 1.53. The monoisotopic (exact) mass is 88.1 g/mol. The molecule has 0 N–H and O–H groups in total. The molecule has 0 atom stereocenters. The summed E-state index contributed by atoms with van der Waals surface area (Å²) in [5.41, 5.74) is 0. The number of hydrogen-bond donors (Lipinski definition) is 0. The van der Waals surface area contributed by atoms with E-state index in [0.29, 0.717) is 0 Å². The predicted octanol–water partition coefficient (Wildman–Crippen LogP) is 0.207. The average Bonchev–Trinajstić information content (AvgIpc) is 1.36. The van der Waals surface area contributed by atoms with E-state index in [1.807, 2.05) is 0 Å². The largest absolute Gasteiger partial charge is 0.349 e. The molecule has 0 aromatic rings. The van der Waals surface area contributed by atoms with Crippen LogP contribution in [0.15, 0.2) is 0 Å². The molecule has 2 nitrogen and oxygen atoms in total. The Morgan fingerprint density at radius 2 is 1.83 bits per heavy atom. The van der Waals surface area contributed by atoms with Crippen LogP contribution in [0.2, 0.25) is 0 Å². The van der Waals surface area contributed by atoms with Crippen LogP contribution in [0.3, 0.4) is 0 Å². The summed E-state index contributed by atoms with van der Waals surface area (Å²) >= 11 is 0. The first-order valence-electron chi connectivity index (χ1n) is 1.82. The standard InChI is InChI=1S/C4H9NO.H/c1-4(6)5(2)3;/h1-3H3;. The van der Waals surface area contributed by atoms with E-state index in [0.717, 1.165) is 0 Å². The zero-order valence-corrected chi connectivity index (χ0v) is 4.36. The van der Waals surface area contributed by atoms with Crippen LogP contribution in [0.1, 0.15) is 8.35 Å². The lowest BCUT2D eigenvalue weighted by molar-refractivity contribution is -0.126. The molecule has 0 aromatic heterocycles. The molecule has 1 radical (unpaired) electrons. The molecule has 0 saturated heterocycles. The molecule has 0 saturated carbocycles. The quantitative estimate of drug-likeness (QED) is 0.414. The van der Waals surface area contributed by atoms with Crippen LogP contribution >= 0.6 is 0 Å². The Bertz CT molecular complexity index is 62.7. The Kier molecular flexibility index (Phi) is 1.64. The zero-order chi connectivity index (χ0) is 5.15. The summed E-state index contributed by atoms with van der Waals surface area (Å²) in [6, 6.07) is 0. The van der Waals surface area contributed by atoms with Gasteiger partial charge in [-0.05, 0) is 0 Å². The van der Waals surface area contributed by atoms with Crippen LogP contribution in [-0.4, -0.2) is 24.9 Å². The molecule has 2 heteroatoms. The van der Waals surface area contributed by atoms with Crippen LogP contribution < -0.4 is 0 Å². The first-order valence-corrected chi connectivity index (χ1v) is 1.82. The highest BCUT2D eigenvalue weighted by Gasteiger charge is 1.87. The van der Waals surface area contributed by atoms with Gasteiger partial charge in [0.2, 0.25) is 5.91 Å². The van der Waals surface area contributed by atoms with Crippen molar-refractivity contribution in [1.29, 1.82) is 0 Å². The van der Waals surface area contributed by atoms with Gasteiger partial charge < -0.3 is 4.90 Å². The summed E-state index contributed by atoms with van der Waals surface area (Å²) in [5, 5.41) is 0. The van der Waals surface area contributed by atoms with Crippen molar-refractivity contribution in [2.24, 2.45) is 0 Å². The Hall–Kier alpha value is -0.530. The van der Waals surface area contributed by atoms with E-state index in [9.17, 15) is 4.79 Å². The van der Waals surface area contributed by atoms with E-state index in [4.69, 9.17) is 0 Å². The summed E-state index contributed by atoms with van der Waals surface area (Å²) in [6.07, 6.45) is 0. The van der Waals surface area contributed by atoms with Crippen molar-refractivity contribution in [3.05, 3.63) is 0 Å². The van der Waals surface area contributed by atoms with Gasteiger partial charge in [-0.2, -0.15) is 0 Å². The SMILES string of the molecule is CC(=O)N(C)C.[H]. The zero-order valence-electron chi connectivity index (χ0n) is 5.36. The fraction of sp³-hybridized carbons (Fsp3) is 0.750. The Labute approximate surface area is 39.2 Å². The first kappa shape index (κ1) is 5.47. The van der Waals surface area contributed by atoms with Crippen molar-refractivity contribution in [2.75, 3.05) is 14.1 Å². The second-order valence-corrected chi connectivity index (χ2v) is 1.41. The molecule has 6 heavy (non-hydrogen) atoms. The van der Waals surface area contributed by atoms with Gasteiger partial charge in [0.25, 0.3) is 0 Å². The molecule has 0 spiro atoms. The van der Waals surface area contributed by atoms with Crippen molar-refractivity contribution in [2.45, 2.75) is 6.92 Å². The van der Waals surface area contributed by atoms with Crippen molar-refractivity contribution < 1.29 is 6.22 Å². The number of hydrogen-bond acceptors (Lipinski definition) is 1. The van der Waals surface area contributed by atoms with Crippen LogP contribution in [0.4, 0.5) is 0 Å². The van der Waals surface area contributed by atoms with Crippen LogP contribution in [0.5, 0.6) is 0 Å². The first-order chi connectivity index (χ1) is 2.64. The molecule has 0 rings (SSSR count). The van der Waals surface area contributed by atoms with Gasteiger partial charge in [0.1, 0.15) is 0 Å². The molecule has 0 unspecified atom stereocenters. The number of amides is 1. The number of nitrogens with zero attached hydrogens (tertiary/aromatic N) is 1. The summed E-state index contributed by atoms with van der Waals surface area (Å²) < 4.78 is 0. The van der Waals surface area contributed by atoms with E-state index < -0.39 is 0 Å². The smallest absolute Gasteiger partial charge is 0.218 e. The molecule has 0 aliphatic rings. The molecule has 0 aliphatic heterocycles. The fourth-order valence-corrected chi connectivity index (χ4v) is 0. The van der Waals surface area contributed by atoms with Gasteiger partial charge in [0, 0.05) is 22.4 Å². The number of rotatable bonds is 0. The maximum Gasteiger partial charge on any atom is 0.218 e. The highest BCUT2D eigenvalue weighted by atomic mass is 16.2. The Morgan fingerprint density at radius 1 is 1.67 bits per heavy atom. The molecular formula is C4H10NO. The minimum atomic E-state index is 0. The fourth-order valence-electron chi connectivity index (χ4n) is 0. The van der Waals surface area contributed by atoms with Crippen LogP contribution in [-0.2, 0) is 4.79 Å². The van der Waals surface area contributed by atoms with E-state index in [1.165, 1.54) is 11.8 Å². The maximum atomic E-state index is 10.1. The highest BCUT2D eigenvalue weighted by Crippen LogP contribution is 1.69. The molecule has 0 heterocycles. The van der Waals surface area contributed by atoms with Crippen molar-refractivity contribution >= 4 is 5.91 Å². The van der Waals surface area contributed by atoms with Gasteiger partial charge in [-0.1, -0.05) is 0 Å². The molecule has 0 aromatic carbocycles. The lowest BCUT2D eigenvalue weighted by atomic mass is 10.7. The molecule has 0 aliphatic carbocycles. The highest BCUT2D eigenvalue weighted by molar-refractivity contribution is 5.72. The second-order valence-electron chi connectivity index (χ2n) is 1.41. The third kappa shape index (κ3) is 1.76. The molecule has 0 fully saturated rings. The molecular weight excluding hydrogens is 78.0 g/mol. The molecule has 0 bridgehead atoms. The average molecular weight is 88.1 g/mol. The molecule has 1 amide bonds. The number of carbonyl (C=O) groups excluding carboxylic acids is 1. The topological polar surface area (TPSA) is 20.3 Å². The normalized spacial score (nSPS) is 7.83.